The van der Waals surface area contributed by atoms with Crippen LogP contribution in [0.1, 0.15) is 39.0 Å². The Morgan fingerprint density at radius 1 is 1.07 bits per heavy atom. The number of esters is 1. The Morgan fingerprint density at radius 3 is 2.52 bits per heavy atom. The molecule has 0 bridgehead atoms. The van der Waals surface area contributed by atoms with Gasteiger partial charge in [0, 0.05) is 5.69 Å². The summed E-state index contributed by atoms with van der Waals surface area (Å²) in [5.74, 6) is -0.689. The van der Waals surface area contributed by atoms with E-state index < -0.39 is 5.97 Å². The van der Waals surface area contributed by atoms with E-state index >= 15 is 0 Å². The third kappa shape index (κ3) is 3.89. The van der Waals surface area contributed by atoms with Gasteiger partial charge in [0.05, 0.1) is 34.8 Å². The molecule has 0 fully saturated rings. The van der Waals surface area contributed by atoms with Crippen molar-refractivity contribution in [3.05, 3.63) is 77.1 Å². The number of anilines is 1. The van der Waals surface area contributed by atoms with Crippen LogP contribution in [0, 0.1) is 13.8 Å². The predicted molar refractivity (Wildman–Crippen MR) is 103 cm³/mol. The third-order valence-electron chi connectivity index (χ3n) is 4.15. The maximum atomic E-state index is 12.8. The Hall–Kier alpha value is -3.41. The third-order valence-corrected chi connectivity index (χ3v) is 4.15. The number of carbonyl (C=O) groups excluding carboxylic acids is 2. The number of aryl methyl sites for hydroxylation is 1. The fourth-order valence-corrected chi connectivity index (χ4v) is 2.92. The van der Waals surface area contributed by atoms with E-state index in [-0.39, 0.29) is 5.91 Å². The van der Waals surface area contributed by atoms with Gasteiger partial charge in [-0.25, -0.2) is 9.48 Å². The number of carbonyl (C=O) groups is 2. The SMILES string of the molecule is CCOC(=O)c1cccc(NC(=O)c2c(C)nn(-c3ccccc3)c2C)c1. The van der Waals surface area contributed by atoms with Crippen molar-refractivity contribution in [3.8, 4) is 5.69 Å². The molecule has 6 nitrogen and oxygen atoms in total. The van der Waals surface area contributed by atoms with Crippen molar-refractivity contribution in [2.24, 2.45) is 0 Å². The number of aromatic nitrogens is 2. The van der Waals surface area contributed by atoms with Crippen LogP contribution in [0.15, 0.2) is 54.6 Å². The number of amides is 1. The van der Waals surface area contributed by atoms with Crippen molar-refractivity contribution in [2.75, 3.05) is 11.9 Å². The van der Waals surface area contributed by atoms with Crippen molar-refractivity contribution < 1.29 is 14.3 Å². The first-order valence-corrected chi connectivity index (χ1v) is 8.71. The smallest absolute Gasteiger partial charge is 0.338 e. The first-order valence-electron chi connectivity index (χ1n) is 8.71. The van der Waals surface area contributed by atoms with Gasteiger partial charge in [-0.15, -0.1) is 0 Å². The number of ether oxygens (including phenoxy) is 1. The molecule has 138 valence electrons. The van der Waals surface area contributed by atoms with Gasteiger partial charge >= 0.3 is 5.97 Å². The molecular formula is C21H21N3O3. The Bertz CT molecular complexity index is 978. The molecule has 2 aromatic carbocycles. The van der Waals surface area contributed by atoms with Crippen LogP contribution < -0.4 is 5.32 Å². The number of hydrogen-bond donors (Lipinski definition) is 1. The Morgan fingerprint density at radius 2 is 1.81 bits per heavy atom. The molecule has 1 heterocycles. The van der Waals surface area contributed by atoms with Gasteiger partial charge in [-0.3, -0.25) is 4.79 Å². The fraction of sp³-hybridized carbons (Fsp3) is 0.190. The molecule has 0 atom stereocenters. The van der Waals surface area contributed by atoms with Crippen LogP contribution >= 0.6 is 0 Å². The molecule has 0 saturated carbocycles. The summed E-state index contributed by atoms with van der Waals surface area (Å²) in [5.41, 5.74) is 3.70. The highest BCUT2D eigenvalue weighted by atomic mass is 16.5. The summed E-state index contributed by atoms with van der Waals surface area (Å²) in [5, 5.41) is 7.34. The van der Waals surface area contributed by atoms with Crippen LogP contribution in [-0.4, -0.2) is 28.3 Å². The van der Waals surface area contributed by atoms with Crippen molar-refractivity contribution in [3.63, 3.8) is 0 Å². The van der Waals surface area contributed by atoms with Crippen LogP contribution in [0.2, 0.25) is 0 Å². The monoisotopic (exact) mass is 363 g/mol. The fourth-order valence-electron chi connectivity index (χ4n) is 2.92. The van der Waals surface area contributed by atoms with Gasteiger partial charge in [0.25, 0.3) is 5.91 Å². The minimum atomic E-state index is -0.419. The van der Waals surface area contributed by atoms with E-state index in [9.17, 15) is 9.59 Å². The van der Waals surface area contributed by atoms with Crippen molar-refractivity contribution in [1.29, 1.82) is 0 Å². The number of para-hydroxylation sites is 1. The molecular weight excluding hydrogens is 342 g/mol. The van der Waals surface area contributed by atoms with Gasteiger partial charge < -0.3 is 10.1 Å². The van der Waals surface area contributed by atoms with Gasteiger partial charge in [-0.05, 0) is 51.1 Å². The van der Waals surface area contributed by atoms with Crippen LogP contribution in [0.3, 0.4) is 0 Å². The minimum absolute atomic E-state index is 0.270. The molecule has 1 N–H and O–H groups in total. The molecule has 27 heavy (non-hydrogen) atoms. The molecule has 0 radical (unpaired) electrons. The van der Waals surface area contributed by atoms with Crippen LogP contribution in [0.25, 0.3) is 5.69 Å². The van der Waals surface area contributed by atoms with Crippen LogP contribution in [-0.2, 0) is 4.74 Å². The number of nitrogens with zero attached hydrogens (tertiary/aromatic N) is 2. The van der Waals surface area contributed by atoms with Gasteiger partial charge in [0.2, 0.25) is 0 Å². The van der Waals surface area contributed by atoms with Crippen LogP contribution in [0.4, 0.5) is 5.69 Å². The minimum Gasteiger partial charge on any atom is -0.462 e. The second kappa shape index (κ2) is 7.86. The van der Waals surface area contributed by atoms with E-state index in [4.69, 9.17) is 4.74 Å². The molecule has 3 rings (SSSR count). The molecule has 0 aliphatic carbocycles. The zero-order valence-corrected chi connectivity index (χ0v) is 15.5. The maximum Gasteiger partial charge on any atom is 0.338 e. The first kappa shape index (κ1) is 18.4. The summed E-state index contributed by atoms with van der Waals surface area (Å²) in [7, 11) is 0. The predicted octanol–water partition coefficient (Wildman–Crippen LogP) is 3.92. The Labute approximate surface area is 157 Å². The summed E-state index contributed by atoms with van der Waals surface area (Å²) >= 11 is 0. The molecule has 0 saturated heterocycles. The van der Waals surface area contributed by atoms with E-state index in [0.717, 1.165) is 11.4 Å². The molecule has 3 aromatic rings. The molecule has 0 aliphatic heterocycles. The van der Waals surface area contributed by atoms with Gasteiger partial charge in [-0.2, -0.15) is 5.10 Å². The molecule has 1 aromatic heterocycles. The van der Waals surface area contributed by atoms with Gasteiger partial charge in [0.15, 0.2) is 0 Å². The Kier molecular flexibility index (Phi) is 5.35. The van der Waals surface area contributed by atoms with Crippen molar-refractivity contribution in [1.82, 2.24) is 9.78 Å². The number of benzene rings is 2. The molecule has 0 unspecified atom stereocenters. The van der Waals surface area contributed by atoms with E-state index in [0.29, 0.717) is 29.1 Å². The maximum absolute atomic E-state index is 12.8. The van der Waals surface area contributed by atoms with Crippen LogP contribution in [0.5, 0.6) is 0 Å². The average molecular weight is 363 g/mol. The second-order valence-corrected chi connectivity index (χ2v) is 6.05. The summed E-state index contributed by atoms with van der Waals surface area (Å²) < 4.78 is 6.75. The van der Waals surface area contributed by atoms with E-state index in [1.165, 1.54) is 0 Å². The number of nitrogens with one attached hydrogen (secondary N) is 1. The van der Waals surface area contributed by atoms with E-state index in [2.05, 4.69) is 10.4 Å². The molecule has 0 spiro atoms. The summed E-state index contributed by atoms with van der Waals surface area (Å²) in [6.45, 7) is 5.71. The van der Waals surface area contributed by atoms with E-state index in [1.807, 2.05) is 37.3 Å². The quantitative estimate of drug-likeness (QED) is 0.698. The highest BCUT2D eigenvalue weighted by Gasteiger charge is 2.20. The van der Waals surface area contributed by atoms with Crippen molar-refractivity contribution >= 4 is 17.6 Å². The Balaban J connectivity index is 1.86. The average Bonchev–Trinajstić information content (AvgIpc) is 2.97. The molecule has 1 amide bonds. The highest BCUT2D eigenvalue weighted by Crippen LogP contribution is 2.20. The highest BCUT2D eigenvalue weighted by molar-refractivity contribution is 6.06. The molecule has 6 heteroatoms. The normalized spacial score (nSPS) is 10.5. The lowest BCUT2D eigenvalue weighted by molar-refractivity contribution is 0.0526. The van der Waals surface area contributed by atoms with E-state index in [1.54, 1.807) is 42.8 Å². The summed E-state index contributed by atoms with van der Waals surface area (Å²) in [4.78, 5) is 24.7. The summed E-state index contributed by atoms with van der Waals surface area (Å²) in [6, 6.07) is 16.3. The topological polar surface area (TPSA) is 73.2 Å². The van der Waals surface area contributed by atoms with Crippen molar-refractivity contribution in [2.45, 2.75) is 20.8 Å². The number of hydrogen-bond acceptors (Lipinski definition) is 4. The zero-order chi connectivity index (χ0) is 19.4. The van der Waals surface area contributed by atoms with Gasteiger partial charge in [-0.1, -0.05) is 24.3 Å². The lowest BCUT2D eigenvalue weighted by Gasteiger charge is -2.08. The largest absolute Gasteiger partial charge is 0.462 e. The molecule has 0 aliphatic rings. The standard InChI is InChI=1S/C21H21N3O3/c1-4-27-21(26)16-9-8-10-17(13-16)22-20(25)19-14(2)23-24(15(19)3)18-11-6-5-7-12-18/h5-13H,4H2,1-3H3,(H,22,25). The first-order chi connectivity index (χ1) is 13.0. The van der Waals surface area contributed by atoms with Gasteiger partial charge in [0.1, 0.15) is 0 Å². The zero-order valence-electron chi connectivity index (χ0n) is 15.5. The number of rotatable bonds is 5. The summed E-state index contributed by atoms with van der Waals surface area (Å²) in [6.07, 6.45) is 0. The second-order valence-electron chi connectivity index (χ2n) is 6.05. The lowest BCUT2D eigenvalue weighted by Crippen LogP contribution is -2.15. The lowest BCUT2D eigenvalue weighted by atomic mass is 10.1.